The van der Waals surface area contributed by atoms with E-state index in [9.17, 15) is 4.79 Å². The number of carbonyl (C=O) groups excluding carboxylic acids is 1. The molecular formula is C22H25N3O3. The van der Waals surface area contributed by atoms with Gasteiger partial charge < -0.3 is 8.94 Å². The number of carbonyl (C=O) groups is 1. The van der Waals surface area contributed by atoms with Crippen LogP contribution < -0.4 is 0 Å². The number of aromatic nitrogens is 2. The third-order valence-electron chi connectivity index (χ3n) is 5.64. The summed E-state index contributed by atoms with van der Waals surface area (Å²) in [5.74, 6) is 1.98. The van der Waals surface area contributed by atoms with Crippen molar-refractivity contribution in [2.45, 2.75) is 39.7 Å². The summed E-state index contributed by atoms with van der Waals surface area (Å²) in [6.45, 7) is 7.80. The van der Waals surface area contributed by atoms with Gasteiger partial charge in [0.15, 0.2) is 11.5 Å². The van der Waals surface area contributed by atoms with Gasteiger partial charge in [-0.3, -0.25) is 9.69 Å². The largest absolute Gasteiger partial charge is 0.461 e. The fraction of sp³-hybridized carbons (Fsp3) is 0.409. The maximum absolute atomic E-state index is 12.9. The van der Waals surface area contributed by atoms with E-state index in [1.165, 1.54) is 5.56 Å². The Kier molecular flexibility index (Phi) is 5.13. The van der Waals surface area contributed by atoms with Crippen LogP contribution in [0.2, 0.25) is 0 Å². The summed E-state index contributed by atoms with van der Waals surface area (Å²) in [4.78, 5) is 19.7. The van der Waals surface area contributed by atoms with Gasteiger partial charge in [0.25, 0.3) is 0 Å². The molecular weight excluding hydrogens is 354 g/mol. The van der Waals surface area contributed by atoms with Gasteiger partial charge in [-0.1, -0.05) is 28.9 Å². The van der Waals surface area contributed by atoms with E-state index in [1.54, 1.807) is 12.3 Å². The van der Waals surface area contributed by atoms with E-state index in [4.69, 9.17) is 8.94 Å². The molecule has 2 aromatic heterocycles. The summed E-state index contributed by atoms with van der Waals surface area (Å²) in [5.41, 5.74) is 3.11. The van der Waals surface area contributed by atoms with Crippen molar-refractivity contribution in [3.63, 3.8) is 0 Å². The minimum Gasteiger partial charge on any atom is -0.461 e. The molecule has 0 spiro atoms. The minimum absolute atomic E-state index is 0.00775. The van der Waals surface area contributed by atoms with Crippen molar-refractivity contribution in [2.24, 2.45) is 5.92 Å². The van der Waals surface area contributed by atoms with Gasteiger partial charge in [0.1, 0.15) is 0 Å². The fourth-order valence-corrected chi connectivity index (χ4v) is 3.93. The predicted octanol–water partition coefficient (Wildman–Crippen LogP) is 4.60. The molecule has 0 amide bonds. The lowest BCUT2D eigenvalue weighted by molar-refractivity contribution is 0.0774. The van der Waals surface area contributed by atoms with Crippen LogP contribution in [0.15, 0.2) is 45.5 Å². The van der Waals surface area contributed by atoms with Gasteiger partial charge in [0.2, 0.25) is 11.7 Å². The first-order valence-corrected chi connectivity index (χ1v) is 9.76. The summed E-state index contributed by atoms with van der Waals surface area (Å²) >= 11 is 0. The molecule has 1 fully saturated rings. The number of likely N-dealkylation sites (tertiary alicyclic amines) is 1. The van der Waals surface area contributed by atoms with Crippen molar-refractivity contribution in [3.8, 4) is 11.6 Å². The van der Waals surface area contributed by atoms with Crippen LogP contribution in [0.5, 0.6) is 0 Å². The zero-order valence-electron chi connectivity index (χ0n) is 16.5. The lowest BCUT2D eigenvalue weighted by Crippen LogP contribution is -2.38. The second kappa shape index (κ2) is 7.72. The van der Waals surface area contributed by atoms with Gasteiger partial charge in [0.05, 0.1) is 12.3 Å². The highest BCUT2D eigenvalue weighted by Crippen LogP contribution is 2.29. The summed E-state index contributed by atoms with van der Waals surface area (Å²) in [7, 11) is 0. The normalized spacial score (nSPS) is 17.0. The van der Waals surface area contributed by atoms with Crippen LogP contribution in [0.1, 0.15) is 53.2 Å². The molecule has 0 unspecified atom stereocenters. The average molecular weight is 379 g/mol. The fourth-order valence-electron chi connectivity index (χ4n) is 3.93. The number of piperidine rings is 1. The van der Waals surface area contributed by atoms with Crippen molar-refractivity contribution < 1.29 is 13.7 Å². The molecule has 0 bridgehead atoms. The molecule has 1 aromatic carbocycles. The summed E-state index contributed by atoms with van der Waals surface area (Å²) in [6.07, 6.45) is 3.28. The first-order valence-electron chi connectivity index (χ1n) is 9.76. The first kappa shape index (κ1) is 18.6. The highest BCUT2D eigenvalue weighted by molar-refractivity contribution is 5.99. The summed E-state index contributed by atoms with van der Waals surface area (Å²) < 4.78 is 10.8. The van der Waals surface area contributed by atoms with Crippen molar-refractivity contribution in [3.05, 3.63) is 59.2 Å². The summed E-state index contributed by atoms with van der Waals surface area (Å²) in [6, 6.07) is 9.68. The Hall–Kier alpha value is -2.73. The van der Waals surface area contributed by atoms with Crippen LogP contribution in [0.4, 0.5) is 0 Å². The molecule has 0 aliphatic carbocycles. The van der Waals surface area contributed by atoms with E-state index in [2.05, 4.69) is 35.0 Å². The van der Waals surface area contributed by atoms with Crippen molar-refractivity contribution in [1.82, 2.24) is 15.0 Å². The number of ketones is 1. The Morgan fingerprint density at radius 2 is 2.00 bits per heavy atom. The molecule has 146 valence electrons. The molecule has 1 aliphatic rings. The van der Waals surface area contributed by atoms with E-state index in [0.29, 0.717) is 17.5 Å². The number of hydrogen-bond acceptors (Lipinski definition) is 6. The standard InChI is InChI=1S/C22H25N3O3/c1-14-6-7-18(15(2)13-14)20(26)17-8-10-25(11-9-17)16(3)22-23-21(24-28-22)19-5-4-12-27-19/h4-7,12-13,16-17H,8-11H2,1-3H3/t16-/m0/s1. The SMILES string of the molecule is Cc1ccc(C(=O)C2CCN([C@@H](C)c3nc(-c4ccco4)no3)CC2)c(C)c1. The molecule has 4 rings (SSSR count). The highest BCUT2D eigenvalue weighted by Gasteiger charge is 2.31. The van der Waals surface area contributed by atoms with Crippen molar-refractivity contribution in [2.75, 3.05) is 13.1 Å². The van der Waals surface area contributed by atoms with Crippen molar-refractivity contribution >= 4 is 5.78 Å². The maximum Gasteiger partial charge on any atom is 0.244 e. The van der Waals surface area contributed by atoms with Gasteiger partial charge in [-0.25, -0.2) is 0 Å². The average Bonchev–Trinajstić information content (AvgIpc) is 3.39. The van der Waals surface area contributed by atoms with Gasteiger partial charge in [-0.15, -0.1) is 0 Å². The van der Waals surface area contributed by atoms with Crippen LogP contribution in [-0.2, 0) is 0 Å². The quantitative estimate of drug-likeness (QED) is 0.603. The monoisotopic (exact) mass is 379 g/mol. The topological polar surface area (TPSA) is 72.4 Å². The molecule has 28 heavy (non-hydrogen) atoms. The first-order chi connectivity index (χ1) is 13.5. The Morgan fingerprint density at radius 3 is 2.68 bits per heavy atom. The Balaban J connectivity index is 1.39. The molecule has 0 N–H and O–H groups in total. The van der Waals surface area contributed by atoms with Crippen LogP contribution in [-0.4, -0.2) is 33.9 Å². The van der Waals surface area contributed by atoms with Crippen LogP contribution in [0.3, 0.4) is 0 Å². The molecule has 0 radical (unpaired) electrons. The van der Waals surface area contributed by atoms with E-state index >= 15 is 0 Å². The van der Waals surface area contributed by atoms with Gasteiger partial charge in [-0.2, -0.15) is 4.98 Å². The second-order valence-corrected chi connectivity index (χ2v) is 7.60. The third-order valence-corrected chi connectivity index (χ3v) is 5.64. The third kappa shape index (κ3) is 3.64. The zero-order valence-corrected chi connectivity index (χ0v) is 16.5. The number of benzene rings is 1. The van der Waals surface area contributed by atoms with E-state index in [0.717, 1.165) is 37.1 Å². The van der Waals surface area contributed by atoms with E-state index in [-0.39, 0.29) is 17.7 Å². The molecule has 1 atom stereocenters. The Labute approximate surface area is 164 Å². The van der Waals surface area contributed by atoms with Gasteiger partial charge in [-0.05, 0) is 64.4 Å². The van der Waals surface area contributed by atoms with Gasteiger partial charge >= 0.3 is 0 Å². The smallest absolute Gasteiger partial charge is 0.244 e. The van der Waals surface area contributed by atoms with Crippen LogP contribution in [0, 0.1) is 19.8 Å². The van der Waals surface area contributed by atoms with Gasteiger partial charge in [0, 0.05) is 11.5 Å². The second-order valence-electron chi connectivity index (χ2n) is 7.60. The maximum atomic E-state index is 12.9. The minimum atomic E-state index is 0.00775. The molecule has 1 aliphatic heterocycles. The van der Waals surface area contributed by atoms with E-state index in [1.807, 2.05) is 25.1 Å². The number of furan rings is 1. The number of nitrogens with zero attached hydrogens (tertiary/aromatic N) is 3. The number of rotatable bonds is 5. The van der Waals surface area contributed by atoms with E-state index < -0.39 is 0 Å². The van der Waals surface area contributed by atoms with Crippen LogP contribution >= 0.6 is 0 Å². The molecule has 1 saturated heterocycles. The molecule has 6 heteroatoms. The summed E-state index contributed by atoms with van der Waals surface area (Å²) in [5, 5.41) is 4.01. The Bertz CT molecular complexity index is 953. The van der Waals surface area contributed by atoms with Crippen LogP contribution in [0.25, 0.3) is 11.6 Å². The molecule has 3 aromatic rings. The molecule has 6 nitrogen and oxygen atoms in total. The number of hydrogen-bond donors (Lipinski definition) is 0. The number of aryl methyl sites for hydroxylation is 2. The lowest BCUT2D eigenvalue weighted by atomic mass is 9.86. The molecule has 0 saturated carbocycles. The molecule has 3 heterocycles. The Morgan fingerprint density at radius 1 is 1.21 bits per heavy atom. The lowest BCUT2D eigenvalue weighted by Gasteiger charge is -2.34. The highest BCUT2D eigenvalue weighted by atomic mass is 16.5. The van der Waals surface area contributed by atoms with Crippen molar-refractivity contribution in [1.29, 1.82) is 0 Å². The number of Topliss-reactive ketones (excluding diaryl/α,β-unsaturated/α-hetero) is 1. The predicted molar refractivity (Wildman–Crippen MR) is 105 cm³/mol. The zero-order chi connectivity index (χ0) is 19.7.